The summed E-state index contributed by atoms with van der Waals surface area (Å²) in [7, 11) is -5.48. The van der Waals surface area contributed by atoms with E-state index < -0.39 is 42.2 Å². The largest absolute Gasteiger partial charge is 0.417 e. The lowest BCUT2D eigenvalue weighted by molar-refractivity contribution is -0.140. The van der Waals surface area contributed by atoms with Gasteiger partial charge in [-0.1, -0.05) is 12.1 Å². The summed E-state index contributed by atoms with van der Waals surface area (Å²) in [4.78, 5) is -1.02. The molecule has 1 aromatic carbocycles. The van der Waals surface area contributed by atoms with E-state index in [2.05, 4.69) is 8.71 Å². The van der Waals surface area contributed by atoms with Crippen molar-refractivity contribution in [2.24, 2.45) is 0 Å². The van der Waals surface area contributed by atoms with Crippen molar-refractivity contribution in [1.82, 2.24) is 0 Å². The maximum absolute atomic E-state index is 12.6. The molecule has 10 heteroatoms. The fraction of sp³-hybridized carbons (Fsp3) is 0.250. The number of hydrogen-bond acceptors (Lipinski definition) is 5. The van der Waals surface area contributed by atoms with Crippen molar-refractivity contribution in [2.45, 2.75) is 11.1 Å². The van der Waals surface area contributed by atoms with Crippen LogP contribution in [0.5, 0.6) is 0 Å². The van der Waals surface area contributed by atoms with Crippen molar-refractivity contribution in [3.8, 4) is 0 Å². The van der Waals surface area contributed by atoms with E-state index in [-0.39, 0.29) is 0 Å². The average Bonchev–Trinajstić information content (AvgIpc) is 2.28. The first-order valence-electron chi connectivity index (χ1n) is 4.29. The molecule has 0 aliphatic rings. The van der Waals surface area contributed by atoms with Crippen LogP contribution in [0.2, 0.25) is 0 Å². The van der Waals surface area contributed by atoms with Gasteiger partial charge < -0.3 is 0 Å². The number of alkyl halides is 3. The molecule has 0 fully saturated rings. The second-order valence-electron chi connectivity index (χ2n) is 2.89. The highest BCUT2D eigenvalue weighted by Gasteiger charge is 2.37. The van der Waals surface area contributed by atoms with Crippen molar-refractivity contribution in [3.05, 3.63) is 29.8 Å². The Labute approximate surface area is 102 Å². The Hall–Kier alpha value is -1.02. The minimum atomic E-state index is -4.83. The smallest absolute Gasteiger partial charge is 0.265 e. The van der Waals surface area contributed by atoms with Crippen LogP contribution in [0.1, 0.15) is 5.56 Å². The second kappa shape index (κ2) is 5.75. The number of halogens is 3. The van der Waals surface area contributed by atoms with Crippen LogP contribution in [0.4, 0.5) is 13.2 Å². The lowest BCUT2D eigenvalue weighted by atomic mass is 10.2. The number of rotatable bonds is 5. The summed E-state index contributed by atoms with van der Waals surface area (Å²) in [5.74, 6) is 0. The van der Waals surface area contributed by atoms with E-state index in [1.165, 1.54) is 0 Å². The summed E-state index contributed by atoms with van der Waals surface area (Å²) in [6, 6.07) is 3.54. The van der Waals surface area contributed by atoms with Crippen molar-refractivity contribution in [2.75, 3.05) is 6.79 Å². The molecular weight excluding hydrogens is 296 g/mol. The van der Waals surface area contributed by atoms with Crippen molar-refractivity contribution < 1.29 is 34.9 Å². The first-order chi connectivity index (χ1) is 8.29. The molecule has 18 heavy (non-hydrogen) atoms. The van der Waals surface area contributed by atoms with Crippen LogP contribution in [-0.4, -0.2) is 15.2 Å². The minimum Gasteiger partial charge on any atom is -0.265 e. The van der Waals surface area contributed by atoms with Gasteiger partial charge in [-0.05, 0) is 12.1 Å². The van der Waals surface area contributed by atoms with Gasteiger partial charge in [0.15, 0.2) is 6.79 Å². The molecular formula is C8H6F3O5PS. The molecule has 5 nitrogen and oxygen atoms in total. The molecule has 0 unspecified atom stereocenters. The lowest BCUT2D eigenvalue weighted by Gasteiger charge is -2.12. The molecule has 0 amide bonds. The van der Waals surface area contributed by atoms with Gasteiger partial charge in [0.2, 0.25) is 0 Å². The van der Waals surface area contributed by atoms with Crippen molar-refractivity contribution >= 4 is 18.8 Å². The molecule has 0 N–H and O–H groups in total. The molecule has 0 aliphatic heterocycles. The monoisotopic (exact) mass is 302 g/mol. The molecule has 0 aliphatic carbocycles. The molecule has 0 saturated carbocycles. The van der Waals surface area contributed by atoms with E-state index in [0.29, 0.717) is 6.07 Å². The van der Waals surface area contributed by atoms with Crippen LogP contribution < -0.4 is 0 Å². The normalized spacial score (nSPS) is 12.8. The van der Waals surface area contributed by atoms with Gasteiger partial charge in [-0.15, -0.1) is 0 Å². The zero-order valence-corrected chi connectivity index (χ0v) is 10.3. The molecule has 0 aromatic heterocycles. The fourth-order valence-electron chi connectivity index (χ4n) is 1.09. The molecule has 1 rings (SSSR count). The van der Waals surface area contributed by atoms with E-state index in [1.54, 1.807) is 0 Å². The molecule has 100 valence electrons. The van der Waals surface area contributed by atoms with E-state index in [4.69, 9.17) is 0 Å². The Morgan fingerprint density at radius 3 is 2.39 bits per heavy atom. The Bertz CT molecular complexity index is 528. The van der Waals surface area contributed by atoms with E-state index in [9.17, 15) is 26.2 Å². The maximum Gasteiger partial charge on any atom is 0.417 e. The number of hydrogen-bond donors (Lipinski definition) is 0. The maximum atomic E-state index is 12.6. The van der Waals surface area contributed by atoms with Crippen molar-refractivity contribution in [1.29, 1.82) is 0 Å². The topological polar surface area (TPSA) is 69.7 Å². The summed E-state index contributed by atoms with van der Waals surface area (Å²) in [6.45, 7) is -0.945. The zero-order chi connectivity index (χ0) is 13.8. The Balaban J connectivity index is 3.13. The van der Waals surface area contributed by atoms with Crippen molar-refractivity contribution in [3.63, 3.8) is 0 Å². The summed E-state index contributed by atoms with van der Waals surface area (Å²) in [5.41, 5.74) is -1.34. The summed E-state index contributed by atoms with van der Waals surface area (Å²) >= 11 is 0. The van der Waals surface area contributed by atoms with Gasteiger partial charge in [0.1, 0.15) is 4.90 Å². The molecule has 0 atom stereocenters. The van der Waals surface area contributed by atoms with Crippen LogP contribution >= 0.6 is 8.69 Å². The van der Waals surface area contributed by atoms with E-state index in [1.807, 2.05) is 0 Å². The van der Waals surface area contributed by atoms with Gasteiger partial charge >= 0.3 is 14.9 Å². The predicted molar refractivity (Wildman–Crippen MR) is 53.3 cm³/mol. The lowest BCUT2D eigenvalue weighted by Crippen LogP contribution is -2.15. The van der Waals surface area contributed by atoms with Crippen LogP contribution in [0, 0.1) is 0 Å². The van der Waals surface area contributed by atoms with Gasteiger partial charge in [-0.25, -0.2) is 8.75 Å². The van der Waals surface area contributed by atoms with Crippen LogP contribution in [-0.2, 0) is 29.6 Å². The Morgan fingerprint density at radius 1 is 1.22 bits per heavy atom. The molecule has 0 heterocycles. The van der Waals surface area contributed by atoms with Gasteiger partial charge in [0.25, 0.3) is 10.1 Å². The molecule has 0 bridgehead atoms. The molecule has 0 spiro atoms. The average molecular weight is 302 g/mol. The van der Waals surface area contributed by atoms with Crippen LogP contribution in [0.25, 0.3) is 0 Å². The summed E-state index contributed by atoms with van der Waals surface area (Å²) in [5, 5.41) is 0. The van der Waals surface area contributed by atoms with Crippen LogP contribution in [0.3, 0.4) is 0 Å². The van der Waals surface area contributed by atoms with Gasteiger partial charge in [0, 0.05) is 0 Å². The highest BCUT2D eigenvalue weighted by Crippen LogP contribution is 2.34. The third-order valence-electron chi connectivity index (χ3n) is 1.77. The zero-order valence-electron chi connectivity index (χ0n) is 8.55. The Morgan fingerprint density at radius 2 is 1.83 bits per heavy atom. The van der Waals surface area contributed by atoms with E-state index in [0.717, 1.165) is 18.2 Å². The van der Waals surface area contributed by atoms with Gasteiger partial charge in [-0.2, -0.15) is 21.6 Å². The number of benzene rings is 1. The standard InChI is InChI=1S/C8H6F3O5PS/c9-8(10,11)6-3-1-2-4-7(6)18(13,14)16-5-15-17-12/h1-4H,5H2. The quantitative estimate of drug-likeness (QED) is 0.362. The Kier molecular flexibility index (Phi) is 4.80. The SMILES string of the molecule is O=POCOS(=O)(=O)c1ccccc1C(F)(F)F. The summed E-state index contributed by atoms with van der Waals surface area (Å²) < 4.78 is 78.7. The second-order valence-corrected chi connectivity index (χ2v) is 4.88. The minimum absolute atomic E-state index is 0.614. The first-order valence-corrected chi connectivity index (χ1v) is 6.43. The fourth-order valence-corrected chi connectivity index (χ4v) is 2.26. The molecule has 0 radical (unpaired) electrons. The molecule has 1 aromatic rings. The highest BCUT2D eigenvalue weighted by molar-refractivity contribution is 7.86. The third kappa shape index (κ3) is 3.74. The highest BCUT2D eigenvalue weighted by atomic mass is 32.2. The summed E-state index contributed by atoms with van der Waals surface area (Å²) in [6.07, 6.45) is -4.83. The van der Waals surface area contributed by atoms with Gasteiger partial charge in [-0.3, -0.25) is 4.52 Å². The van der Waals surface area contributed by atoms with Crippen LogP contribution in [0.15, 0.2) is 29.2 Å². The van der Waals surface area contributed by atoms with E-state index >= 15 is 0 Å². The molecule has 0 saturated heterocycles. The first kappa shape index (κ1) is 15.0. The third-order valence-corrected chi connectivity index (χ3v) is 3.28. The van der Waals surface area contributed by atoms with Gasteiger partial charge in [0.05, 0.1) is 5.56 Å². The predicted octanol–water partition coefficient (Wildman–Crippen LogP) is 2.59.